The SMILES string of the molecule is C#CC#CC#CC#COc1ccc(N=Cc2ccc(C(=O)Oc3cccc(OC(=O)c4ccc(C=Nc5ccc(OCCCCCCCC)cc5)cc4)c3)cc2)cc1. The van der Waals surface area contributed by atoms with Crippen LogP contribution in [0.3, 0.4) is 0 Å². The van der Waals surface area contributed by atoms with Crippen molar-refractivity contribution in [2.75, 3.05) is 6.61 Å². The summed E-state index contributed by atoms with van der Waals surface area (Å²) in [5, 5.41) is 0. The van der Waals surface area contributed by atoms with Gasteiger partial charge in [-0.3, -0.25) is 9.98 Å². The summed E-state index contributed by atoms with van der Waals surface area (Å²) in [6.07, 6.45) is 18.2. The van der Waals surface area contributed by atoms with Gasteiger partial charge in [-0.15, -0.1) is 6.42 Å². The number of ether oxygens (including phenoxy) is 4. The predicted octanol–water partition coefficient (Wildman–Crippen LogP) is 10.3. The molecule has 0 fully saturated rings. The number of terminal acetylenes is 1. The lowest BCUT2D eigenvalue weighted by Crippen LogP contribution is -2.10. The molecular weight excluding hydrogens is 725 g/mol. The number of benzene rings is 5. The molecule has 5 aromatic rings. The van der Waals surface area contributed by atoms with Crippen molar-refractivity contribution < 1.29 is 28.5 Å². The number of carbonyl (C=O) groups excluding carboxylic acids is 2. The first-order valence-electron chi connectivity index (χ1n) is 18.8. The minimum absolute atomic E-state index is 0.227. The molecule has 8 nitrogen and oxygen atoms in total. The maximum Gasteiger partial charge on any atom is 0.343 e. The lowest BCUT2D eigenvalue weighted by molar-refractivity contribution is 0.0733. The second kappa shape index (κ2) is 23.2. The molecule has 0 aliphatic carbocycles. The quantitative estimate of drug-likeness (QED) is 0.0308. The topological polar surface area (TPSA) is 95.8 Å². The molecule has 0 aromatic heterocycles. The maximum atomic E-state index is 12.9. The summed E-state index contributed by atoms with van der Waals surface area (Å²) in [7, 11) is 0. The fraction of sp³-hybridized carbons (Fsp3) is 0.160. The summed E-state index contributed by atoms with van der Waals surface area (Å²) < 4.78 is 22.3. The van der Waals surface area contributed by atoms with E-state index >= 15 is 0 Å². The van der Waals surface area contributed by atoms with Gasteiger partial charge in [0.1, 0.15) is 29.1 Å². The average molecular weight is 765 g/mol. The van der Waals surface area contributed by atoms with Gasteiger partial charge in [0.2, 0.25) is 0 Å². The van der Waals surface area contributed by atoms with Gasteiger partial charge >= 0.3 is 11.9 Å². The Morgan fingerprint density at radius 1 is 0.569 bits per heavy atom. The fourth-order valence-corrected chi connectivity index (χ4v) is 5.18. The Kier molecular flexibility index (Phi) is 16.6. The smallest absolute Gasteiger partial charge is 0.343 e. The lowest BCUT2D eigenvalue weighted by atomic mass is 10.1. The Morgan fingerprint density at radius 3 is 1.62 bits per heavy atom. The number of nitrogens with zero attached hydrogens (tertiary/aromatic N) is 2. The highest BCUT2D eigenvalue weighted by atomic mass is 16.5. The fourth-order valence-electron chi connectivity index (χ4n) is 5.18. The summed E-state index contributed by atoms with van der Waals surface area (Å²) in [5.41, 5.74) is 3.78. The zero-order chi connectivity index (χ0) is 40.6. The normalized spacial score (nSPS) is 10.2. The minimum atomic E-state index is -0.567. The minimum Gasteiger partial charge on any atom is -0.494 e. The Bertz CT molecular complexity index is 2430. The first-order valence-corrected chi connectivity index (χ1v) is 18.8. The molecule has 0 aliphatic rings. The van der Waals surface area contributed by atoms with Gasteiger partial charge in [0.25, 0.3) is 0 Å². The standard InChI is InChI=1S/C50H40N2O6/c1-3-5-7-9-11-13-34-55-45-30-26-43(27-31-45)51-37-39-18-22-41(23-19-39)49(53)57-47-16-15-17-48(36-47)58-50(54)42-24-20-40(21-25-42)38-52-44-28-32-46(33-29-44)56-35-14-12-10-8-6-4-2/h1,15-33,36-38H,4,6,8,10,12,14,35H2,2H3. The number of carbonyl (C=O) groups is 2. The average Bonchev–Trinajstić information content (AvgIpc) is 3.25. The monoisotopic (exact) mass is 764 g/mol. The molecule has 0 unspecified atom stereocenters. The van der Waals surface area contributed by atoms with E-state index in [9.17, 15) is 9.59 Å². The van der Waals surface area contributed by atoms with Crippen molar-refractivity contribution in [3.05, 3.63) is 144 Å². The van der Waals surface area contributed by atoms with Crippen molar-refractivity contribution in [1.82, 2.24) is 0 Å². The maximum absolute atomic E-state index is 12.9. The third-order valence-electron chi connectivity index (χ3n) is 8.23. The molecule has 0 atom stereocenters. The highest BCUT2D eigenvalue weighted by Gasteiger charge is 2.12. The van der Waals surface area contributed by atoms with Crippen molar-refractivity contribution in [1.29, 1.82) is 0 Å². The van der Waals surface area contributed by atoms with Gasteiger partial charge in [-0.1, -0.05) is 69.4 Å². The van der Waals surface area contributed by atoms with Crippen molar-refractivity contribution in [3.63, 3.8) is 0 Å². The molecule has 0 radical (unpaired) electrons. The highest BCUT2D eigenvalue weighted by molar-refractivity contribution is 5.93. The Morgan fingerprint density at radius 2 is 1.07 bits per heavy atom. The van der Waals surface area contributed by atoms with E-state index in [1.807, 2.05) is 24.3 Å². The Labute approximate surface area is 340 Å². The number of hydrogen-bond acceptors (Lipinski definition) is 8. The second-order valence-electron chi connectivity index (χ2n) is 12.6. The van der Waals surface area contributed by atoms with Crippen LogP contribution in [0.25, 0.3) is 0 Å². The van der Waals surface area contributed by atoms with Crippen molar-refractivity contribution in [3.8, 4) is 71.1 Å². The molecule has 8 heteroatoms. The Balaban J connectivity index is 1.06. The van der Waals surface area contributed by atoms with Crippen LogP contribution in [0.15, 0.2) is 131 Å². The van der Waals surface area contributed by atoms with E-state index < -0.39 is 11.9 Å². The van der Waals surface area contributed by atoms with E-state index in [4.69, 9.17) is 25.4 Å². The molecule has 0 amide bonds. The largest absolute Gasteiger partial charge is 0.494 e. The van der Waals surface area contributed by atoms with E-state index in [-0.39, 0.29) is 11.5 Å². The van der Waals surface area contributed by atoms with Crippen LogP contribution >= 0.6 is 0 Å². The van der Waals surface area contributed by atoms with Crippen LogP contribution in [-0.4, -0.2) is 31.0 Å². The number of esters is 2. The highest BCUT2D eigenvalue weighted by Crippen LogP contribution is 2.23. The van der Waals surface area contributed by atoms with Gasteiger partial charge in [0, 0.05) is 36.3 Å². The van der Waals surface area contributed by atoms with Gasteiger partial charge in [0.05, 0.1) is 29.1 Å². The molecule has 0 saturated carbocycles. The molecule has 0 spiro atoms. The third-order valence-corrected chi connectivity index (χ3v) is 8.23. The summed E-state index contributed by atoms with van der Waals surface area (Å²) in [5.74, 6) is 15.2. The van der Waals surface area contributed by atoms with E-state index in [0.717, 1.165) is 35.6 Å². The summed E-state index contributed by atoms with van der Waals surface area (Å²) in [6.45, 7) is 2.94. The molecule has 286 valence electrons. The van der Waals surface area contributed by atoms with E-state index in [1.54, 1.807) is 103 Å². The lowest BCUT2D eigenvalue weighted by Gasteiger charge is -2.08. The van der Waals surface area contributed by atoms with Crippen molar-refractivity contribution >= 4 is 35.7 Å². The molecule has 0 bridgehead atoms. The zero-order valence-corrected chi connectivity index (χ0v) is 32.1. The van der Waals surface area contributed by atoms with E-state index in [1.165, 1.54) is 38.2 Å². The number of unbranched alkanes of at least 4 members (excludes halogenated alkanes) is 5. The first-order chi connectivity index (χ1) is 28.5. The number of hydrogen-bond donors (Lipinski definition) is 0. The third kappa shape index (κ3) is 14.5. The second-order valence-corrected chi connectivity index (χ2v) is 12.6. The van der Waals surface area contributed by atoms with Crippen LogP contribution in [0.1, 0.15) is 77.3 Å². The molecule has 5 aromatic carbocycles. The number of aliphatic imine (C=N–C) groups is 2. The molecular formula is C50H40N2O6. The summed E-state index contributed by atoms with van der Waals surface area (Å²) >= 11 is 0. The van der Waals surface area contributed by atoms with Gasteiger partial charge < -0.3 is 18.9 Å². The predicted molar refractivity (Wildman–Crippen MR) is 228 cm³/mol. The van der Waals surface area contributed by atoms with Gasteiger partial charge in [-0.2, -0.15) is 0 Å². The first kappa shape index (κ1) is 41.4. The van der Waals surface area contributed by atoms with Gasteiger partial charge in [0.15, 0.2) is 0 Å². The van der Waals surface area contributed by atoms with Crippen LogP contribution < -0.4 is 18.9 Å². The van der Waals surface area contributed by atoms with Gasteiger partial charge in [-0.05, 0) is 120 Å². The summed E-state index contributed by atoms with van der Waals surface area (Å²) in [6, 6.07) is 34.7. The van der Waals surface area contributed by atoms with Crippen LogP contribution in [-0.2, 0) is 0 Å². The number of rotatable bonds is 17. The molecule has 0 saturated heterocycles. The van der Waals surface area contributed by atoms with Crippen LogP contribution in [0.4, 0.5) is 11.4 Å². The molecule has 0 N–H and O–H groups in total. The van der Waals surface area contributed by atoms with Crippen LogP contribution in [0.5, 0.6) is 23.0 Å². The molecule has 0 aliphatic heterocycles. The Hall–Kier alpha value is -7.78. The van der Waals surface area contributed by atoms with Crippen molar-refractivity contribution in [2.24, 2.45) is 9.98 Å². The van der Waals surface area contributed by atoms with Crippen LogP contribution in [0, 0.1) is 48.1 Å². The van der Waals surface area contributed by atoms with Gasteiger partial charge in [-0.25, -0.2) is 9.59 Å². The van der Waals surface area contributed by atoms with Crippen molar-refractivity contribution in [2.45, 2.75) is 45.4 Å². The summed E-state index contributed by atoms with van der Waals surface area (Å²) in [4.78, 5) is 34.8. The van der Waals surface area contributed by atoms with Crippen LogP contribution in [0.2, 0.25) is 0 Å². The van der Waals surface area contributed by atoms with E-state index in [0.29, 0.717) is 22.6 Å². The molecule has 5 rings (SSSR count). The molecule has 58 heavy (non-hydrogen) atoms. The zero-order valence-electron chi connectivity index (χ0n) is 32.1. The molecule has 0 heterocycles. The van der Waals surface area contributed by atoms with E-state index in [2.05, 4.69) is 58.5 Å².